The molecule has 1 aromatic rings. The van der Waals surface area contributed by atoms with Crippen LogP contribution in [-0.2, 0) is 26.0 Å². The molecule has 3 amide bonds. The van der Waals surface area contributed by atoms with Crippen LogP contribution in [0.5, 0.6) is 5.75 Å². The Morgan fingerprint density at radius 2 is 2.03 bits per heavy atom. The SMILES string of the molecule is O=C1CN(COCCCS(=O)(=O)NCCCc2ccc(F)c(OCC3CC3)c2)C(=O)N1. The molecule has 1 saturated carbocycles. The molecule has 31 heavy (non-hydrogen) atoms. The van der Waals surface area contributed by atoms with E-state index >= 15 is 0 Å². The zero-order valence-corrected chi connectivity index (χ0v) is 18.1. The summed E-state index contributed by atoms with van der Waals surface area (Å²) < 4.78 is 51.3. The summed E-state index contributed by atoms with van der Waals surface area (Å²) in [6, 6.07) is 4.22. The number of nitrogens with zero attached hydrogens (tertiary/aromatic N) is 1. The molecule has 0 aromatic heterocycles. The van der Waals surface area contributed by atoms with E-state index in [1.165, 1.54) is 11.0 Å². The van der Waals surface area contributed by atoms with Crippen molar-refractivity contribution in [2.75, 3.05) is 38.8 Å². The van der Waals surface area contributed by atoms with Gasteiger partial charge in [-0.2, -0.15) is 0 Å². The molecular weight excluding hydrogens is 429 g/mol. The summed E-state index contributed by atoms with van der Waals surface area (Å²) in [4.78, 5) is 23.6. The van der Waals surface area contributed by atoms with Gasteiger partial charge in [0, 0.05) is 13.2 Å². The second-order valence-electron chi connectivity index (χ2n) is 7.78. The molecule has 2 fully saturated rings. The van der Waals surface area contributed by atoms with E-state index in [0.29, 0.717) is 25.4 Å². The standard InChI is InChI=1S/C20H28FN3O6S/c21-17-7-6-15(11-18(17)30-13-16-4-5-16)3-1-8-22-31(27,28)10-2-9-29-14-24-12-19(25)23-20(24)26/h6-7,11,16,22H,1-5,8-10,12-14H2,(H,23,25,26). The number of halogens is 1. The Bertz CT molecular complexity index is 891. The van der Waals surface area contributed by atoms with E-state index in [4.69, 9.17) is 9.47 Å². The van der Waals surface area contributed by atoms with Gasteiger partial charge in [-0.1, -0.05) is 6.07 Å². The van der Waals surface area contributed by atoms with Crippen LogP contribution in [0, 0.1) is 11.7 Å². The number of nitrogens with one attached hydrogen (secondary N) is 2. The molecule has 1 saturated heterocycles. The fourth-order valence-electron chi connectivity index (χ4n) is 3.01. The van der Waals surface area contributed by atoms with Crippen LogP contribution < -0.4 is 14.8 Å². The molecule has 2 N–H and O–H groups in total. The van der Waals surface area contributed by atoms with Gasteiger partial charge in [0.2, 0.25) is 15.9 Å². The largest absolute Gasteiger partial charge is 0.490 e. The van der Waals surface area contributed by atoms with Crippen LogP contribution in [0.1, 0.15) is 31.2 Å². The molecule has 0 bridgehead atoms. The fraction of sp³-hybridized carbons (Fsp3) is 0.600. The quantitative estimate of drug-likeness (QED) is 0.322. The third-order valence-electron chi connectivity index (χ3n) is 4.95. The monoisotopic (exact) mass is 457 g/mol. The molecular formula is C20H28FN3O6S. The van der Waals surface area contributed by atoms with Gasteiger partial charge in [0.05, 0.1) is 12.4 Å². The number of amides is 3. The molecule has 1 aliphatic heterocycles. The molecule has 0 atom stereocenters. The van der Waals surface area contributed by atoms with E-state index in [-0.39, 0.29) is 56.1 Å². The van der Waals surface area contributed by atoms with Gasteiger partial charge < -0.3 is 9.47 Å². The Labute approximate surface area is 181 Å². The molecule has 0 spiro atoms. The van der Waals surface area contributed by atoms with Gasteiger partial charge in [0.25, 0.3) is 0 Å². The third kappa shape index (κ3) is 8.08. The van der Waals surface area contributed by atoms with Crippen molar-refractivity contribution >= 4 is 22.0 Å². The number of hydrogen-bond acceptors (Lipinski definition) is 6. The van der Waals surface area contributed by atoms with Crippen molar-refractivity contribution in [3.05, 3.63) is 29.6 Å². The zero-order chi connectivity index (χ0) is 22.3. The Morgan fingerprint density at radius 1 is 1.23 bits per heavy atom. The number of carbonyl (C=O) groups excluding carboxylic acids is 2. The lowest BCUT2D eigenvalue weighted by Gasteiger charge is -2.13. The number of rotatable bonds is 14. The highest BCUT2D eigenvalue weighted by atomic mass is 32.2. The lowest BCUT2D eigenvalue weighted by molar-refractivity contribution is -0.118. The number of sulfonamides is 1. The summed E-state index contributed by atoms with van der Waals surface area (Å²) in [6.07, 6.45) is 3.69. The molecule has 0 unspecified atom stereocenters. The number of carbonyl (C=O) groups is 2. The number of urea groups is 1. The normalized spacial score (nSPS) is 16.6. The maximum Gasteiger partial charge on any atom is 0.326 e. The Balaban J connectivity index is 1.28. The first kappa shape index (κ1) is 23.4. The smallest absolute Gasteiger partial charge is 0.326 e. The predicted octanol–water partition coefficient (Wildman–Crippen LogP) is 1.38. The van der Waals surface area contributed by atoms with Crippen molar-refractivity contribution in [3.8, 4) is 5.75 Å². The van der Waals surface area contributed by atoms with Crippen LogP contribution in [0.15, 0.2) is 18.2 Å². The molecule has 3 rings (SSSR count). The number of aryl methyl sites for hydroxylation is 1. The van der Waals surface area contributed by atoms with Crippen LogP contribution in [0.4, 0.5) is 9.18 Å². The van der Waals surface area contributed by atoms with Gasteiger partial charge in [0.1, 0.15) is 13.3 Å². The van der Waals surface area contributed by atoms with Crippen LogP contribution in [0.3, 0.4) is 0 Å². The zero-order valence-electron chi connectivity index (χ0n) is 17.3. The van der Waals surface area contributed by atoms with E-state index in [0.717, 1.165) is 18.4 Å². The molecule has 11 heteroatoms. The van der Waals surface area contributed by atoms with Gasteiger partial charge in [-0.25, -0.2) is 22.3 Å². The number of ether oxygens (including phenoxy) is 2. The van der Waals surface area contributed by atoms with E-state index in [9.17, 15) is 22.4 Å². The van der Waals surface area contributed by atoms with E-state index in [2.05, 4.69) is 10.0 Å². The van der Waals surface area contributed by atoms with Gasteiger partial charge >= 0.3 is 6.03 Å². The molecule has 0 radical (unpaired) electrons. The Hall–Kier alpha value is -2.24. The summed E-state index contributed by atoms with van der Waals surface area (Å²) in [5.74, 6) is -0.0896. The highest BCUT2D eigenvalue weighted by Crippen LogP contribution is 2.30. The van der Waals surface area contributed by atoms with Crippen molar-refractivity contribution < 1.29 is 31.9 Å². The summed E-state index contributed by atoms with van der Waals surface area (Å²) in [5.41, 5.74) is 0.893. The summed E-state index contributed by atoms with van der Waals surface area (Å²) in [7, 11) is -3.44. The van der Waals surface area contributed by atoms with E-state index in [1.54, 1.807) is 12.1 Å². The molecule has 2 aliphatic rings. The first-order chi connectivity index (χ1) is 14.8. The van der Waals surface area contributed by atoms with Gasteiger partial charge in [-0.05, 0) is 55.7 Å². The van der Waals surface area contributed by atoms with Crippen molar-refractivity contribution in [2.45, 2.75) is 32.1 Å². The van der Waals surface area contributed by atoms with Crippen molar-refractivity contribution in [2.24, 2.45) is 5.92 Å². The average molecular weight is 458 g/mol. The number of hydrogen-bond donors (Lipinski definition) is 2. The van der Waals surface area contributed by atoms with Crippen LogP contribution in [0.2, 0.25) is 0 Å². The minimum atomic E-state index is -3.44. The molecule has 172 valence electrons. The fourth-order valence-corrected chi connectivity index (χ4v) is 4.11. The Morgan fingerprint density at radius 3 is 2.74 bits per heavy atom. The molecule has 9 nitrogen and oxygen atoms in total. The minimum absolute atomic E-state index is 0.0547. The van der Waals surface area contributed by atoms with Crippen LogP contribution in [0.25, 0.3) is 0 Å². The Kier molecular flexibility index (Phi) is 8.22. The maximum absolute atomic E-state index is 13.8. The predicted molar refractivity (Wildman–Crippen MR) is 110 cm³/mol. The molecule has 1 aromatic carbocycles. The van der Waals surface area contributed by atoms with E-state index in [1.807, 2.05) is 0 Å². The number of benzene rings is 1. The van der Waals surface area contributed by atoms with Crippen molar-refractivity contribution in [1.82, 2.24) is 14.9 Å². The highest BCUT2D eigenvalue weighted by Gasteiger charge is 2.26. The third-order valence-corrected chi connectivity index (χ3v) is 6.42. The minimum Gasteiger partial charge on any atom is -0.490 e. The first-order valence-electron chi connectivity index (χ1n) is 10.4. The second-order valence-corrected chi connectivity index (χ2v) is 9.70. The summed E-state index contributed by atoms with van der Waals surface area (Å²) in [6.45, 7) is 0.843. The highest BCUT2D eigenvalue weighted by molar-refractivity contribution is 7.89. The second kappa shape index (κ2) is 10.9. The molecule has 1 heterocycles. The van der Waals surface area contributed by atoms with Crippen LogP contribution in [-0.4, -0.2) is 64.0 Å². The molecule has 1 aliphatic carbocycles. The average Bonchev–Trinajstić information content (AvgIpc) is 3.49. The van der Waals surface area contributed by atoms with Crippen molar-refractivity contribution in [3.63, 3.8) is 0 Å². The van der Waals surface area contributed by atoms with E-state index < -0.39 is 16.1 Å². The number of imide groups is 1. The topological polar surface area (TPSA) is 114 Å². The van der Waals surface area contributed by atoms with Gasteiger partial charge in [-0.15, -0.1) is 0 Å². The summed E-state index contributed by atoms with van der Waals surface area (Å²) in [5, 5.41) is 2.13. The first-order valence-corrected chi connectivity index (χ1v) is 12.0. The van der Waals surface area contributed by atoms with Crippen LogP contribution >= 0.6 is 0 Å². The lowest BCUT2D eigenvalue weighted by Crippen LogP contribution is -2.31. The van der Waals surface area contributed by atoms with Crippen molar-refractivity contribution in [1.29, 1.82) is 0 Å². The lowest BCUT2D eigenvalue weighted by atomic mass is 10.1. The van der Waals surface area contributed by atoms with Gasteiger partial charge in [0.15, 0.2) is 11.6 Å². The van der Waals surface area contributed by atoms with Gasteiger partial charge in [-0.3, -0.25) is 15.0 Å². The maximum atomic E-state index is 13.8. The summed E-state index contributed by atoms with van der Waals surface area (Å²) >= 11 is 0.